The van der Waals surface area contributed by atoms with Gasteiger partial charge < -0.3 is 5.73 Å². The number of hydrogen-bond donors (Lipinski definition) is 1. The minimum atomic E-state index is -2.26. The monoisotopic (exact) mass is 208 g/mol. The van der Waals surface area contributed by atoms with Crippen LogP contribution in [0, 0.1) is 0 Å². The van der Waals surface area contributed by atoms with E-state index in [4.69, 9.17) is 18.0 Å². The van der Waals surface area contributed by atoms with E-state index in [0.29, 0.717) is 24.0 Å². The first kappa shape index (κ1) is 10.8. The van der Waals surface area contributed by atoms with Crippen LogP contribution in [0.15, 0.2) is 0 Å². The summed E-state index contributed by atoms with van der Waals surface area (Å²) in [5.41, 5.74) is 5.31. The fourth-order valence-electron chi connectivity index (χ4n) is 1.29. The second-order valence-electron chi connectivity index (χ2n) is 3.33. The molecule has 0 saturated heterocycles. The maximum atomic E-state index is 12.1. The summed E-state index contributed by atoms with van der Waals surface area (Å²) < 4.78 is 24.2. The molecule has 0 spiro atoms. The first-order chi connectivity index (χ1) is 6.09. The molecule has 0 atom stereocenters. The average molecular weight is 208 g/mol. The Morgan fingerprint density at radius 1 is 1.54 bits per heavy atom. The van der Waals surface area contributed by atoms with Crippen molar-refractivity contribution >= 4 is 17.2 Å². The zero-order chi connectivity index (χ0) is 9.84. The molecule has 76 valence electrons. The Kier molecular flexibility index (Phi) is 3.99. The van der Waals surface area contributed by atoms with Crippen molar-refractivity contribution in [1.82, 2.24) is 4.90 Å². The molecule has 0 amide bonds. The highest BCUT2D eigenvalue weighted by Gasteiger charge is 2.30. The van der Waals surface area contributed by atoms with Gasteiger partial charge in [-0.25, -0.2) is 8.78 Å². The van der Waals surface area contributed by atoms with Crippen LogP contribution >= 0.6 is 12.2 Å². The molecule has 0 aromatic heterocycles. The van der Waals surface area contributed by atoms with E-state index >= 15 is 0 Å². The van der Waals surface area contributed by atoms with Gasteiger partial charge in [0.2, 0.25) is 0 Å². The third kappa shape index (κ3) is 4.47. The molecule has 0 bridgehead atoms. The van der Waals surface area contributed by atoms with Gasteiger partial charge in [0.1, 0.15) is 0 Å². The predicted octanol–water partition coefficient (Wildman–Crippen LogP) is 1.39. The lowest BCUT2D eigenvalue weighted by atomic mass is 10.3. The Bertz CT molecular complexity index is 183. The van der Waals surface area contributed by atoms with Gasteiger partial charge in [-0.3, -0.25) is 4.90 Å². The minimum absolute atomic E-state index is 0.146. The molecule has 1 aliphatic carbocycles. The molecule has 2 nitrogen and oxygen atoms in total. The van der Waals surface area contributed by atoms with Crippen molar-refractivity contribution in [3.63, 3.8) is 0 Å². The van der Waals surface area contributed by atoms with Crippen LogP contribution in [0.4, 0.5) is 8.78 Å². The van der Waals surface area contributed by atoms with Gasteiger partial charge in [0.05, 0.1) is 11.5 Å². The largest absolute Gasteiger partial charge is 0.393 e. The van der Waals surface area contributed by atoms with Crippen LogP contribution in [0.2, 0.25) is 0 Å². The molecule has 5 heteroatoms. The quantitative estimate of drug-likeness (QED) is 0.669. The number of nitrogens with two attached hydrogens (primary N) is 1. The first-order valence-corrected chi connectivity index (χ1v) is 4.81. The summed E-state index contributed by atoms with van der Waals surface area (Å²) in [5, 5.41) is 0. The summed E-state index contributed by atoms with van der Waals surface area (Å²) in [4.78, 5) is 2.18. The molecule has 0 aromatic rings. The topological polar surface area (TPSA) is 29.3 Å². The number of thiocarbonyl (C=S) groups is 1. The van der Waals surface area contributed by atoms with Gasteiger partial charge in [0.25, 0.3) is 6.43 Å². The van der Waals surface area contributed by atoms with Crippen LogP contribution in [-0.4, -0.2) is 35.4 Å². The molecular formula is C8H14F2N2S. The molecule has 13 heavy (non-hydrogen) atoms. The summed E-state index contributed by atoms with van der Waals surface area (Å²) in [6, 6.07) is 0.350. The maximum Gasteiger partial charge on any atom is 0.251 e. The summed E-state index contributed by atoms with van der Waals surface area (Å²) in [5.74, 6) is 0. The molecule has 1 aliphatic rings. The van der Waals surface area contributed by atoms with E-state index in [-0.39, 0.29) is 6.54 Å². The third-order valence-corrected chi connectivity index (χ3v) is 2.29. The summed E-state index contributed by atoms with van der Waals surface area (Å²) >= 11 is 4.70. The Hall–Kier alpha value is -0.290. The van der Waals surface area contributed by atoms with E-state index < -0.39 is 6.43 Å². The normalized spacial score (nSPS) is 16.9. The molecule has 0 heterocycles. The van der Waals surface area contributed by atoms with Gasteiger partial charge in [-0.2, -0.15) is 0 Å². The van der Waals surface area contributed by atoms with Crippen molar-refractivity contribution in [2.24, 2.45) is 5.73 Å². The molecule has 1 saturated carbocycles. The standard InChI is InChI=1S/C8H14F2N2S/c9-7(10)5-12(6-1-2-6)4-3-8(11)13/h6-7H,1-5H2,(H2,11,13). The molecule has 0 unspecified atom stereocenters. The van der Waals surface area contributed by atoms with Crippen molar-refractivity contribution in [1.29, 1.82) is 0 Å². The van der Waals surface area contributed by atoms with Gasteiger partial charge in [-0.15, -0.1) is 0 Å². The highest BCUT2D eigenvalue weighted by atomic mass is 32.1. The van der Waals surface area contributed by atoms with Gasteiger partial charge in [0.15, 0.2) is 0 Å². The maximum absolute atomic E-state index is 12.1. The van der Waals surface area contributed by atoms with E-state index in [1.807, 2.05) is 0 Å². The van der Waals surface area contributed by atoms with Crippen LogP contribution in [0.5, 0.6) is 0 Å². The Morgan fingerprint density at radius 2 is 2.15 bits per heavy atom. The average Bonchev–Trinajstić information content (AvgIpc) is 2.78. The van der Waals surface area contributed by atoms with E-state index in [2.05, 4.69) is 0 Å². The second kappa shape index (κ2) is 4.81. The number of hydrogen-bond acceptors (Lipinski definition) is 2. The molecule has 1 rings (SSSR count). The van der Waals surface area contributed by atoms with Crippen LogP contribution in [0.1, 0.15) is 19.3 Å². The van der Waals surface area contributed by atoms with Gasteiger partial charge in [-0.05, 0) is 12.8 Å². The van der Waals surface area contributed by atoms with Crippen LogP contribution in [-0.2, 0) is 0 Å². The minimum Gasteiger partial charge on any atom is -0.393 e. The SMILES string of the molecule is NC(=S)CCN(CC(F)F)C1CC1. The summed E-state index contributed by atoms with van der Waals surface area (Å²) in [7, 11) is 0. The van der Waals surface area contributed by atoms with Crippen molar-refractivity contribution in [2.75, 3.05) is 13.1 Å². The molecule has 0 radical (unpaired) electrons. The third-order valence-electron chi connectivity index (χ3n) is 2.08. The highest BCUT2D eigenvalue weighted by Crippen LogP contribution is 2.27. The molecule has 1 fully saturated rings. The van der Waals surface area contributed by atoms with Crippen LogP contribution < -0.4 is 5.73 Å². The number of halogens is 2. The highest BCUT2D eigenvalue weighted by molar-refractivity contribution is 7.80. The molecule has 2 N–H and O–H groups in total. The number of rotatable bonds is 6. The second-order valence-corrected chi connectivity index (χ2v) is 3.86. The van der Waals surface area contributed by atoms with Gasteiger partial charge in [-0.1, -0.05) is 12.2 Å². The Labute approximate surface area is 82.1 Å². The zero-order valence-electron chi connectivity index (χ0n) is 7.38. The van der Waals surface area contributed by atoms with Gasteiger partial charge in [0, 0.05) is 19.0 Å². The fourth-order valence-corrected chi connectivity index (χ4v) is 1.38. The van der Waals surface area contributed by atoms with Crippen LogP contribution in [0.3, 0.4) is 0 Å². The summed E-state index contributed by atoms with van der Waals surface area (Å²) in [6.45, 7) is 0.428. The Balaban J connectivity index is 2.25. The van der Waals surface area contributed by atoms with Crippen molar-refractivity contribution in [3.05, 3.63) is 0 Å². The number of nitrogens with zero attached hydrogens (tertiary/aromatic N) is 1. The number of alkyl halides is 2. The van der Waals surface area contributed by atoms with Gasteiger partial charge >= 0.3 is 0 Å². The predicted molar refractivity (Wildman–Crippen MR) is 52.0 cm³/mol. The Morgan fingerprint density at radius 3 is 2.54 bits per heavy atom. The van der Waals surface area contributed by atoms with Crippen LogP contribution in [0.25, 0.3) is 0 Å². The van der Waals surface area contributed by atoms with E-state index in [0.717, 1.165) is 12.8 Å². The lowest BCUT2D eigenvalue weighted by Crippen LogP contribution is -2.33. The van der Waals surface area contributed by atoms with Crippen molar-refractivity contribution < 1.29 is 8.78 Å². The molecule has 0 aliphatic heterocycles. The molecule has 0 aromatic carbocycles. The zero-order valence-corrected chi connectivity index (χ0v) is 8.20. The van der Waals surface area contributed by atoms with E-state index in [1.165, 1.54) is 0 Å². The van der Waals surface area contributed by atoms with E-state index in [1.54, 1.807) is 4.90 Å². The summed E-state index contributed by atoms with van der Waals surface area (Å²) in [6.07, 6.45) is 0.346. The molecular weight excluding hydrogens is 194 g/mol. The lowest BCUT2D eigenvalue weighted by Gasteiger charge is -2.20. The first-order valence-electron chi connectivity index (χ1n) is 4.40. The fraction of sp³-hybridized carbons (Fsp3) is 0.875. The van der Waals surface area contributed by atoms with Crippen molar-refractivity contribution in [2.45, 2.75) is 31.7 Å². The smallest absolute Gasteiger partial charge is 0.251 e. The van der Waals surface area contributed by atoms with E-state index in [9.17, 15) is 8.78 Å². The van der Waals surface area contributed by atoms with Crippen molar-refractivity contribution in [3.8, 4) is 0 Å². The lowest BCUT2D eigenvalue weighted by molar-refractivity contribution is 0.0857.